The SMILES string of the molecule is O=S1(=O)CCC(NCCOc2cc(F)cc(Br)c2)C1. The summed E-state index contributed by atoms with van der Waals surface area (Å²) in [5.41, 5.74) is 0. The van der Waals surface area contributed by atoms with Gasteiger partial charge in [0, 0.05) is 23.1 Å². The lowest BCUT2D eigenvalue weighted by atomic mass is 10.3. The number of nitrogens with one attached hydrogen (secondary N) is 1. The maximum absolute atomic E-state index is 13.1. The van der Waals surface area contributed by atoms with E-state index in [1.807, 2.05) is 0 Å². The summed E-state index contributed by atoms with van der Waals surface area (Å²) in [7, 11) is -2.86. The van der Waals surface area contributed by atoms with Crippen molar-refractivity contribution in [2.24, 2.45) is 0 Å². The Morgan fingerprint density at radius 1 is 1.42 bits per heavy atom. The predicted molar refractivity (Wildman–Crippen MR) is 74.7 cm³/mol. The van der Waals surface area contributed by atoms with Crippen LogP contribution in [0, 0.1) is 5.82 Å². The normalized spacial score (nSPS) is 21.5. The minimum absolute atomic E-state index is 0.00726. The van der Waals surface area contributed by atoms with Crippen molar-refractivity contribution in [1.29, 1.82) is 0 Å². The molecule has 1 fully saturated rings. The predicted octanol–water partition coefficient (Wildman–Crippen LogP) is 1.74. The van der Waals surface area contributed by atoms with Crippen LogP contribution in [-0.2, 0) is 9.84 Å². The molecule has 1 aliphatic rings. The molecule has 19 heavy (non-hydrogen) atoms. The number of hydrogen-bond donors (Lipinski definition) is 1. The zero-order valence-electron chi connectivity index (χ0n) is 10.2. The van der Waals surface area contributed by atoms with Gasteiger partial charge in [-0.2, -0.15) is 0 Å². The molecule has 0 saturated carbocycles. The number of halogens is 2. The van der Waals surface area contributed by atoms with Gasteiger partial charge in [-0.05, 0) is 18.6 Å². The first-order chi connectivity index (χ1) is 8.94. The van der Waals surface area contributed by atoms with Crippen LogP contribution in [0.15, 0.2) is 22.7 Å². The van der Waals surface area contributed by atoms with Crippen molar-refractivity contribution in [2.45, 2.75) is 12.5 Å². The number of hydrogen-bond acceptors (Lipinski definition) is 4. The van der Waals surface area contributed by atoms with Crippen molar-refractivity contribution < 1.29 is 17.5 Å². The maximum atomic E-state index is 13.1. The highest BCUT2D eigenvalue weighted by atomic mass is 79.9. The largest absolute Gasteiger partial charge is 0.492 e. The molecule has 7 heteroatoms. The number of rotatable bonds is 5. The van der Waals surface area contributed by atoms with Gasteiger partial charge in [-0.15, -0.1) is 0 Å². The summed E-state index contributed by atoms with van der Waals surface area (Å²) in [6, 6.07) is 4.36. The smallest absolute Gasteiger partial charge is 0.151 e. The Bertz CT molecular complexity index is 530. The van der Waals surface area contributed by atoms with E-state index < -0.39 is 9.84 Å². The van der Waals surface area contributed by atoms with Gasteiger partial charge in [0.2, 0.25) is 0 Å². The molecular weight excluding hydrogens is 337 g/mol. The second kappa shape index (κ2) is 6.19. The van der Waals surface area contributed by atoms with Crippen molar-refractivity contribution in [2.75, 3.05) is 24.7 Å². The molecular formula is C12H15BrFNO3S. The minimum Gasteiger partial charge on any atom is -0.492 e. The lowest BCUT2D eigenvalue weighted by Gasteiger charge is -2.11. The molecule has 0 amide bonds. The third kappa shape index (κ3) is 4.74. The molecule has 1 atom stereocenters. The second-order valence-corrected chi connectivity index (χ2v) is 7.65. The van der Waals surface area contributed by atoms with Crippen LogP contribution in [0.25, 0.3) is 0 Å². The summed E-state index contributed by atoms with van der Waals surface area (Å²) in [6.45, 7) is 0.904. The first-order valence-electron chi connectivity index (χ1n) is 5.97. The molecule has 0 aliphatic carbocycles. The van der Waals surface area contributed by atoms with Gasteiger partial charge in [-0.1, -0.05) is 15.9 Å². The van der Waals surface area contributed by atoms with E-state index in [2.05, 4.69) is 21.2 Å². The van der Waals surface area contributed by atoms with Crippen molar-refractivity contribution in [3.8, 4) is 5.75 Å². The highest BCUT2D eigenvalue weighted by Gasteiger charge is 2.26. The number of sulfone groups is 1. The van der Waals surface area contributed by atoms with Gasteiger partial charge < -0.3 is 10.1 Å². The molecule has 1 heterocycles. The lowest BCUT2D eigenvalue weighted by molar-refractivity contribution is 0.306. The molecule has 106 valence electrons. The molecule has 0 bridgehead atoms. The Kier molecular flexibility index (Phi) is 4.81. The Morgan fingerprint density at radius 2 is 2.21 bits per heavy atom. The van der Waals surface area contributed by atoms with Gasteiger partial charge in [0.15, 0.2) is 9.84 Å². The molecule has 2 rings (SSSR count). The van der Waals surface area contributed by atoms with E-state index in [0.29, 0.717) is 29.8 Å². The zero-order valence-corrected chi connectivity index (χ0v) is 12.6. The van der Waals surface area contributed by atoms with E-state index in [9.17, 15) is 12.8 Å². The monoisotopic (exact) mass is 351 g/mol. The van der Waals surface area contributed by atoms with E-state index in [1.165, 1.54) is 12.1 Å². The summed E-state index contributed by atoms with van der Waals surface area (Å²) in [6.07, 6.45) is 0.647. The van der Waals surface area contributed by atoms with Crippen LogP contribution in [0.1, 0.15) is 6.42 Å². The van der Waals surface area contributed by atoms with Gasteiger partial charge in [0.05, 0.1) is 11.5 Å². The van der Waals surface area contributed by atoms with Crippen LogP contribution in [0.3, 0.4) is 0 Å². The molecule has 1 N–H and O–H groups in total. The van der Waals surface area contributed by atoms with Gasteiger partial charge in [-0.25, -0.2) is 12.8 Å². The van der Waals surface area contributed by atoms with E-state index in [-0.39, 0.29) is 23.4 Å². The highest BCUT2D eigenvalue weighted by Crippen LogP contribution is 2.20. The topological polar surface area (TPSA) is 55.4 Å². The fourth-order valence-corrected chi connectivity index (χ4v) is 4.15. The van der Waals surface area contributed by atoms with Crippen LogP contribution >= 0.6 is 15.9 Å². The zero-order chi connectivity index (χ0) is 13.9. The molecule has 4 nitrogen and oxygen atoms in total. The average Bonchev–Trinajstić information content (AvgIpc) is 2.63. The first-order valence-corrected chi connectivity index (χ1v) is 8.59. The molecule has 0 spiro atoms. The van der Waals surface area contributed by atoms with Gasteiger partial charge in [0.25, 0.3) is 0 Å². The maximum Gasteiger partial charge on any atom is 0.151 e. The molecule has 1 saturated heterocycles. The van der Waals surface area contributed by atoms with Crippen molar-refractivity contribution in [3.05, 3.63) is 28.5 Å². The summed E-state index contributed by atoms with van der Waals surface area (Å²) in [5.74, 6) is 0.535. The Morgan fingerprint density at radius 3 is 2.84 bits per heavy atom. The van der Waals surface area contributed by atoms with Crippen LogP contribution in [0.4, 0.5) is 4.39 Å². The third-order valence-corrected chi connectivity index (χ3v) is 5.10. The molecule has 1 aromatic rings. The fourth-order valence-electron chi connectivity index (χ4n) is 2.00. The second-order valence-electron chi connectivity index (χ2n) is 4.51. The minimum atomic E-state index is -2.86. The molecule has 0 radical (unpaired) electrons. The summed E-state index contributed by atoms with van der Waals surface area (Å²) < 4.78 is 41.6. The van der Waals surface area contributed by atoms with E-state index in [1.54, 1.807) is 6.07 Å². The van der Waals surface area contributed by atoms with Crippen LogP contribution in [-0.4, -0.2) is 39.1 Å². The van der Waals surface area contributed by atoms with E-state index in [4.69, 9.17) is 4.74 Å². The molecule has 1 unspecified atom stereocenters. The van der Waals surface area contributed by atoms with E-state index in [0.717, 1.165) is 0 Å². The molecule has 0 aromatic heterocycles. The van der Waals surface area contributed by atoms with Crippen molar-refractivity contribution in [3.63, 3.8) is 0 Å². The highest BCUT2D eigenvalue weighted by molar-refractivity contribution is 9.10. The Balaban J connectivity index is 1.72. The number of benzene rings is 1. The summed E-state index contributed by atoms with van der Waals surface area (Å²) in [5, 5.41) is 3.13. The Hall–Kier alpha value is -0.660. The molecule has 1 aliphatic heterocycles. The third-order valence-electron chi connectivity index (χ3n) is 2.87. The van der Waals surface area contributed by atoms with Gasteiger partial charge in [-0.3, -0.25) is 0 Å². The van der Waals surface area contributed by atoms with Crippen LogP contribution < -0.4 is 10.1 Å². The quantitative estimate of drug-likeness (QED) is 0.821. The molecule has 1 aromatic carbocycles. The van der Waals surface area contributed by atoms with Gasteiger partial charge in [0.1, 0.15) is 18.2 Å². The van der Waals surface area contributed by atoms with Crippen LogP contribution in [0.2, 0.25) is 0 Å². The summed E-state index contributed by atoms with van der Waals surface area (Å²) >= 11 is 3.19. The van der Waals surface area contributed by atoms with Gasteiger partial charge >= 0.3 is 0 Å². The standard InChI is InChI=1S/C12H15BrFNO3S/c13-9-5-10(14)7-12(6-9)18-3-2-15-11-1-4-19(16,17)8-11/h5-7,11,15H,1-4,8H2. The lowest BCUT2D eigenvalue weighted by Crippen LogP contribution is -2.33. The Labute approximate surface area is 120 Å². The first kappa shape index (κ1) is 14.7. The fraction of sp³-hybridized carbons (Fsp3) is 0.500. The van der Waals surface area contributed by atoms with Crippen LogP contribution in [0.5, 0.6) is 5.75 Å². The van der Waals surface area contributed by atoms with Crippen molar-refractivity contribution >= 4 is 25.8 Å². The average molecular weight is 352 g/mol. The van der Waals surface area contributed by atoms with E-state index >= 15 is 0 Å². The summed E-state index contributed by atoms with van der Waals surface area (Å²) in [4.78, 5) is 0. The van der Waals surface area contributed by atoms with Crippen molar-refractivity contribution in [1.82, 2.24) is 5.32 Å². The number of ether oxygens (including phenoxy) is 1.